The number of hydrogen-bond donors (Lipinski definition) is 1. The molecule has 1 N–H and O–H groups in total. The van der Waals surface area contributed by atoms with Crippen LogP contribution in [-0.2, 0) is 15.8 Å². The smallest absolute Gasteiger partial charge is 0.220 e. The zero-order chi connectivity index (χ0) is 21.2. The van der Waals surface area contributed by atoms with Crippen LogP contribution in [0.4, 0.5) is 0 Å². The molecule has 2 fully saturated rings. The number of aliphatic imine (C=N–C) groups is 1. The fraction of sp³-hybridized carbons (Fsp3) is 0.800. The number of rotatable bonds is 9. The fourth-order valence-corrected chi connectivity index (χ4v) is 5.55. The predicted octanol–water partition coefficient (Wildman–Crippen LogP) is 1.97. The quantitative estimate of drug-likeness (QED) is 0.211. The van der Waals surface area contributed by atoms with Crippen LogP contribution in [0.2, 0.25) is 0 Å². The number of likely N-dealkylation sites (tertiary alicyclic amines) is 1. The maximum absolute atomic E-state index is 12.6. The minimum Gasteiger partial charge on any atom is -0.364 e. The highest BCUT2D eigenvalue weighted by Gasteiger charge is 2.28. The number of hydrogen-bond acceptors (Lipinski definition) is 6. The lowest BCUT2D eigenvalue weighted by atomic mass is 10.1. The highest BCUT2D eigenvalue weighted by atomic mass is 127. The maximum Gasteiger partial charge on any atom is 0.220 e. The van der Waals surface area contributed by atoms with Crippen molar-refractivity contribution in [3.63, 3.8) is 0 Å². The van der Waals surface area contributed by atoms with E-state index in [-0.39, 0.29) is 29.7 Å². The second kappa shape index (κ2) is 13.6. The number of unbranched alkanes of at least 4 members (excludes halogenated alkanes) is 2. The van der Waals surface area contributed by atoms with Gasteiger partial charge in [-0.1, -0.05) is 18.0 Å². The van der Waals surface area contributed by atoms with Crippen LogP contribution in [0.5, 0.6) is 0 Å². The van der Waals surface area contributed by atoms with Crippen LogP contribution in [0.15, 0.2) is 21.8 Å². The van der Waals surface area contributed by atoms with E-state index >= 15 is 0 Å². The van der Waals surface area contributed by atoms with Gasteiger partial charge in [0.1, 0.15) is 12.0 Å². The van der Waals surface area contributed by atoms with E-state index in [0.717, 1.165) is 18.9 Å². The van der Waals surface area contributed by atoms with E-state index in [1.165, 1.54) is 62.3 Å². The summed E-state index contributed by atoms with van der Waals surface area (Å²) in [6.07, 6.45) is 9.09. The molecule has 0 atom stereocenters. The van der Waals surface area contributed by atoms with Gasteiger partial charge in [0.25, 0.3) is 0 Å². The maximum atomic E-state index is 12.6. The molecule has 11 heteroatoms. The molecule has 1 aromatic rings. The fourth-order valence-electron chi connectivity index (χ4n) is 4.12. The molecule has 0 saturated carbocycles. The van der Waals surface area contributed by atoms with E-state index in [0.29, 0.717) is 31.9 Å². The number of sulfonamides is 1. The Bertz CT molecular complexity index is 745. The van der Waals surface area contributed by atoms with E-state index in [1.807, 2.05) is 0 Å². The molecular weight excluding hydrogens is 531 g/mol. The summed E-state index contributed by atoms with van der Waals surface area (Å²) in [4.78, 5) is 9.11. The summed E-state index contributed by atoms with van der Waals surface area (Å²) in [7, 11) is -1.59. The molecule has 31 heavy (non-hydrogen) atoms. The Kier molecular flexibility index (Phi) is 11.5. The Balaban J connectivity index is 0.00000341. The third kappa shape index (κ3) is 8.50. The zero-order valence-electron chi connectivity index (χ0n) is 18.5. The third-order valence-corrected chi connectivity index (χ3v) is 7.66. The van der Waals surface area contributed by atoms with Crippen molar-refractivity contribution in [1.29, 1.82) is 0 Å². The van der Waals surface area contributed by atoms with Crippen molar-refractivity contribution < 1.29 is 12.9 Å². The van der Waals surface area contributed by atoms with Gasteiger partial charge >= 0.3 is 0 Å². The van der Waals surface area contributed by atoms with Crippen LogP contribution in [0.1, 0.15) is 44.2 Å². The molecular formula is C20H37IN6O3S. The van der Waals surface area contributed by atoms with Gasteiger partial charge in [-0.15, -0.1) is 24.0 Å². The van der Waals surface area contributed by atoms with Crippen molar-refractivity contribution in [1.82, 2.24) is 24.6 Å². The minimum absolute atomic E-state index is 0. The normalized spacial score (nSPS) is 19.3. The molecule has 3 heterocycles. The van der Waals surface area contributed by atoms with Crippen LogP contribution in [0, 0.1) is 0 Å². The van der Waals surface area contributed by atoms with E-state index in [4.69, 9.17) is 4.52 Å². The van der Waals surface area contributed by atoms with Gasteiger partial charge in [-0.05, 0) is 45.3 Å². The van der Waals surface area contributed by atoms with Crippen LogP contribution >= 0.6 is 24.0 Å². The van der Waals surface area contributed by atoms with Gasteiger partial charge in [-0.2, -0.15) is 4.31 Å². The topological polar surface area (TPSA) is 94.3 Å². The molecule has 1 aromatic heterocycles. The molecule has 0 aromatic carbocycles. The largest absolute Gasteiger partial charge is 0.364 e. The van der Waals surface area contributed by atoms with Crippen LogP contribution < -0.4 is 5.32 Å². The van der Waals surface area contributed by atoms with Gasteiger partial charge in [-0.3, -0.25) is 4.99 Å². The number of aromatic nitrogens is 1. The second-order valence-corrected chi connectivity index (χ2v) is 10.0. The molecule has 0 amide bonds. The molecule has 2 aliphatic rings. The molecule has 0 unspecified atom stereocenters. The van der Waals surface area contributed by atoms with Gasteiger partial charge in [0.05, 0.1) is 5.69 Å². The van der Waals surface area contributed by atoms with Crippen molar-refractivity contribution in [3.8, 4) is 0 Å². The van der Waals surface area contributed by atoms with Crippen molar-refractivity contribution in [2.75, 3.05) is 59.4 Å². The Hall–Kier alpha value is -0.920. The van der Waals surface area contributed by atoms with Crippen LogP contribution in [-0.4, -0.2) is 93.0 Å². The summed E-state index contributed by atoms with van der Waals surface area (Å²) in [5.41, 5.74) is 0.440. The van der Waals surface area contributed by atoms with Crippen molar-refractivity contribution in [2.24, 2.45) is 4.99 Å². The predicted molar refractivity (Wildman–Crippen MR) is 133 cm³/mol. The molecule has 178 valence electrons. The summed E-state index contributed by atoms with van der Waals surface area (Å²) < 4.78 is 31.4. The molecule has 0 spiro atoms. The first kappa shape index (κ1) is 26.3. The number of halogens is 1. The summed E-state index contributed by atoms with van der Waals surface area (Å²) in [5.74, 6) is 0.744. The number of nitrogens with one attached hydrogen (secondary N) is 1. The first-order valence-electron chi connectivity index (χ1n) is 11.1. The Morgan fingerprint density at radius 1 is 1.10 bits per heavy atom. The van der Waals surface area contributed by atoms with Gasteiger partial charge in [0, 0.05) is 45.8 Å². The Morgan fingerprint density at radius 2 is 1.84 bits per heavy atom. The lowest BCUT2D eigenvalue weighted by molar-refractivity contribution is 0.224. The lowest BCUT2D eigenvalue weighted by Crippen LogP contribution is -2.54. The van der Waals surface area contributed by atoms with Gasteiger partial charge < -0.3 is 19.6 Å². The van der Waals surface area contributed by atoms with Gasteiger partial charge in [0.2, 0.25) is 10.0 Å². The molecule has 0 aliphatic carbocycles. The highest BCUT2D eigenvalue weighted by Crippen LogP contribution is 2.13. The van der Waals surface area contributed by atoms with E-state index in [1.54, 1.807) is 13.1 Å². The SMILES string of the molecule is CN=C(NCCCCCN1CCCCC1)N1CCN(S(=O)(=O)Cc2ccon2)CC1.I. The number of nitrogens with zero attached hydrogens (tertiary/aromatic N) is 5. The molecule has 3 rings (SSSR count). The zero-order valence-corrected chi connectivity index (χ0v) is 21.7. The van der Waals surface area contributed by atoms with Crippen LogP contribution in [0.3, 0.4) is 0 Å². The van der Waals surface area contributed by atoms with Crippen LogP contribution in [0.25, 0.3) is 0 Å². The summed E-state index contributed by atoms with van der Waals surface area (Å²) >= 11 is 0. The number of piperidine rings is 1. The third-order valence-electron chi connectivity index (χ3n) is 5.85. The van der Waals surface area contributed by atoms with E-state index < -0.39 is 10.0 Å². The summed E-state index contributed by atoms with van der Waals surface area (Å²) in [5, 5.41) is 7.15. The number of piperazine rings is 1. The Morgan fingerprint density at radius 3 is 2.48 bits per heavy atom. The first-order valence-corrected chi connectivity index (χ1v) is 12.7. The van der Waals surface area contributed by atoms with Crippen molar-refractivity contribution in [3.05, 3.63) is 18.0 Å². The Labute approximate surface area is 203 Å². The standard InChI is InChI=1S/C20H36N6O3S.HI/c1-21-20(22-9-4-2-5-10-24-11-6-3-7-12-24)25-13-15-26(16-14-25)30(27,28)18-19-8-17-29-23-19;/h8,17H,2-7,9-16,18H2,1H3,(H,21,22);1H. The lowest BCUT2D eigenvalue weighted by Gasteiger charge is -2.35. The van der Waals surface area contributed by atoms with E-state index in [9.17, 15) is 8.42 Å². The monoisotopic (exact) mass is 568 g/mol. The number of guanidine groups is 1. The second-order valence-electron chi connectivity index (χ2n) is 8.07. The molecule has 0 bridgehead atoms. The average molecular weight is 569 g/mol. The molecule has 0 radical (unpaired) electrons. The summed E-state index contributed by atoms with van der Waals surface area (Å²) in [6.45, 7) is 6.83. The molecule has 2 saturated heterocycles. The van der Waals surface area contributed by atoms with Gasteiger partial charge in [0.15, 0.2) is 5.96 Å². The average Bonchev–Trinajstić information content (AvgIpc) is 3.26. The van der Waals surface area contributed by atoms with Gasteiger partial charge in [-0.25, -0.2) is 8.42 Å². The van der Waals surface area contributed by atoms with Crippen molar-refractivity contribution >= 4 is 40.0 Å². The highest BCUT2D eigenvalue weighted by molar-refractivity contribution is 14.0. The minimum atomic E-state index is -3.38. The first-order chi connectivity index (χ1) is 14.6. The molecule has 9 nitrogen and oxygen atoms in total. The molecule has 2 aliphatic heterocycles. The van der Waals surface area contributed by atoms with Crippen molar-refractivity contribution in [2.45, 2.75) is 44.3 Å². The summed E-state index contributed by atoms with van der Waals surface area (Å²) in [6, 6.07) is 1.59. The van der Waals surface area contributed by atoms with E-state index in [2.05, 4.69) is 25.3 Å².